The number of hydrogen-bond acceptors (Lipinski definition) is 10. The molecule has 1 spiro atoms. The number of Topliss-reactive ketones (excluding diaryl/α,β-unsaturated/α-hetero) is 1. The Labute approximate surface area is 456 Å². The second kappa shape index (κ2) is 25.1. The summed E-state index contributed by atoms with van der Waals surface area (Å²) in [4.78, 5) is 30.1. The molecule has 3 aromatic rings. The molecule has 2 bridgehead atoms. The standard InChI is InChI=1S/C66H83N3O8/c1-42-13-7-8-34-77-41-49(22-10-16-43(2)15-9-14-42)53-31-33-66(62(53)74)56-29-28-52(71)38-46-18-11-17-45(35-46)37-50(36-44-24-26-51(70)27-25-44)58(73)40-68-61-60-48(21-12-23-55(60)63(67)69-64(61)75)39-57(72)59(47-19-5-4-6-20-47)54(56)30-32-65(66,3)76/h10-12,14,16-18,21-27,35,47,50,52-53,56,58,61-63,68,70-71,73-74,76H,2,4-6,9,13,15,19-20,28-34,36-41,67H2,1,3H3,(H,69,75). The molecule has 3 aliphatic heterocycles. The van der Waals surface area contributed by atoms with Gasteiger partial charge < -0.3 is 41.3 Å². The molecule has 1 amide bonds. The number of carbonyl (C=O) groups is 2. The van der Waals surface area contributed by atoms with Crippen LogP contribution in [0.25, 0.3) is 0 Å². The van der Waals surface area contributed by atoms with E-state index in [9.17, 15) is 30.3 Å². The molecule has 11 heteroatoms. The second-order valence-corrected chi connectivity index (χ2v) is 23.6. The molecule has 9 N–H and O–H groups in total. The number of aliphatic hydroxyl groups excluding tert-OH is 3. The number of carbonyl (C=O) groups excluding carboxylic acids is 2. The normalized spacial score (nSPS) is 31.6. The number of nitrogens with one attached hydrogen (secondary N) is 2. The monoisotopic (exact) mass is 1050 g/mol. The van der Waals surface area contributed by atoms with Gasteiger partial charge in [0.25, 0.3) is 0 Å². The number of ether oxygens (including phenoxy) is 1. The summed E-state index contributed by atoms with van der Waals surface area (Å²) in [5.74, 6) is 5.07. The number of ketones is 1. The molecule has 3 aromatic carbocycles. The number of aliphatic hydroxyl groups is 4. The van der Waals surface area contributed by atoms with E-state index in [-0.39, 0.29) is 61.4 Å². The van der Waals surface area contributed by atoms with Gasteiger partial charge in [-0.1, -0.05) is 133 Å². The van der Waals surface area contributed by atoms with Crippen LogP contribution >= 0.6 is 0 Å². The average molecular weight is 1050 g/mol. The quantitative estimate of drug-likeness (QED) is 0.0922. The molecular formula is C66H83N3O8. The molecule has 0 saturated heterocycles. The SMILES string of the molecule is C=C1C=CC=C(C2CCC3(C4CCC(O)Cc5cccc(c5)CC(Cc5ccc(O)cc5)C(O)CNC5C(=O)NC(N)c6cccc(c65)CC(=O)C(C5CCCCC5)=C4CCC3(C)O)C2O)COCC#CCC(C)=CCC1. The Morgan fingerprint density at radius 2 is 1.66 bits per heavy atom. The van der Waals surface area contributed by atoms with Crippen LogP contribution in [0, 0.1) is 40.9 Å². The minimum absolute atomic E-state index is 0.0155. The first-order chi connectivity index (χ1) is 37.1. The molecule has 3 aliphatic carbocycles. The van der Waals surface area contributed by atoms with Crippen molar-refractivity contribution in [3.05, 3.63) is 159 Å². The highest BCUT2D eigenvalue weighted by Crippen LogP contribution is 2.64. The molecule has 0 aromatic heterocycles. The van der Waals surface area contributed by atoms with E-state index in [1.165, 1.54) is 5.57 Å². The highest BCUT2D eigenvalue weighted by Gasteiger charge is 2.64. The van der Waals surface area contributed by atoms with Crippen molar-refractivity contribution in [3.63, 3.8) is 0 Å². The van der Waals surface area contributed by atoms with E-state index in [2.05, 4.69) is 54.2 Å². The fourth-order valence-electron chi connectivity index (χ4n) is 14.3. The van der Waals surface area contributed by atoms with Gasteiger partial charge in [-0.25, -0.2) is 0 Å². The number of phenols is 1. The van der Waals surface area contributed by atoms with E-state index in [0.717, 1.165) is 83.9 Å². The smallest absolute Gasteiger partial charge is 0.243 e. The van der Waals surface area contributed by atoms with Crippen molar-refractivity contribution in [2.45, 2.75) is 166 Å². The van der Waals surface area contributed by atoms with E-state index < -0.39 is 47.5 Å². The van der Waals surface area contributed by atoms with Crippen molar-refractivity contribution in [1.82, 2.24) is 10.6 Å². The third-order valence-corrected chi connectivity index (χ3v) is 18.4. The Balaban J connectivity index is 1.15. The van der Waals surface area contributed by atoms with Crippen molar-refractivity contribution < 1.29 is 39.9 Å². The van der Waals surface area contributed by atoms with Gasteiger partial charge in [0.2, 0.25) is 5.91 Å². The summed E-state index contributed by atoms with van der Waals surface area (Å²) in [6, 6.07) is 20.0. The van der Waals surface area contributed by atoms with Crippen LogP contribution in [0.3, 0.4) is 0 Å². The number of benzene rings is 3. The Kier molecular flexibility index (Phi) is 18.4. The van der Waals surface area contributed by atoms with Crippen LogP contribution in [0.15, 0.2) is 125 Å². The van der Waals surface area contributed by atoms with Crippen LogP contribution in [-0.2, 0) is 40.0 Å². The van der Waals surface area contributed by atoms with Crippen molar-refractivity contribution in [1.29, 1.82) is 0 Å². The van der Waals surface area contributed by atoms with Gasteiger partial charge in [0, 0.05) is 30.7 Å². The van der Waals surface area contributed by atoms with Gasteiger partial charge >= 0.3 is 0 Å². The lowest BCUT2D eigenvalue weighted by Gasteiger charge is -2.56. The highest BCUT2D eigenvalue weighted by molar-refractivity contribution is 5.99. The van der Waals surface area contributed by atoms with Gasteiger partial charge in [-0.15, -0.1) is 0 Å². The van der Waals surface area contributed by atoms with Crippen LogP contribution in [0.2, 0.25) is 0 Å². The molecule has 0 radical (unpaired) electrons. The second-order valence-electron chi connectivity index (χ2n) is 23.6. The number of allylic oxidation sites excluding steroid dienone is 8. The number of nitrogens with two attached hydrogens (primary N) is 1. The highest BCUT2D eigenvalue weighted by atomic mass is 16.5. The number of fused-ring (bicyclic) bond motifs is 4. The zero-order valence-corrected chi connectivity index (χ0v) is 45.5. The maximum absolute atomic E-state index is 15.9. The van der Waals surface area contributed by atoms with E-state index in [1.807, 2.05) is 67.6 Å². The molecule has 6 aliphatic rings. The summed E-state index contributed by atoms with van der Waals surface area (Å²) in [5.41, 5.74) is 14.1. The predicted octanol–water partition coefficient (Wildman–Crippen LogP) is 9.37. The molecule has 3 heterocycles. The zero-order chi connectivity index (χ0) is 54.3. The first kappa shape index (κ1) is 56.3. The average Bonchev–Trinajstić information content (AvgIpc) is 3.76. The molecular weight excluding hydrogens is 963 g/mol. The molecule has 11 nitrogen and oxygen atoms in total. The van der Waals surface area contributed by atoms with Crippen LogP contribution in [0.1, 0.15) is 149 Å². The Bertz CT molecular complexity index is 2810. The first-order valence-corrected chi connectivity index (χ1v) is 28.6. The van der Waals surface area contributed by atoms with E-state index >= 15 is 4.79 Å². The Morgan fingerprint density at radius 1 is 0.896 bits per heavy atom. The minimum atomic E-state index is -1.33. The minimum Gasteiger partial charge on any atom is -0.508 e. The van der Waals surface area contributed by atoms with E-state index in [4.69, 9.17) is 10.5 Å². The summed E-state index contributed by atoms with van der Waals surface area (Å²) in [6.45, 7) is 8.87. The predicted molar refractivity (Wildman–Crippen MR) is 302 cm³/mol. The molecule has 10 unspecified atom stereocenters. The van der Waals surface area contributed by atoms with Gasteiger partial charge in [-0.3, -0.25) is 14.9 Å². The molecule has 3 saturated carbocycles. The van der Waals surface area contributed by atoms with E-state index in [1.54, 1.807) is 12.1 Å². The number of β-amino-alcohol motifs (C(OH)–C–C–N with tert-alkyl or cyclic N) is 1. The summed E-state index contributed by atoms with van der Waals surface area (Å²) < 4.78 is 6.26. The summed E-state index contributed by atoms with van der Waals surface area (Å²) in [6.07, 6.45) is 16.0. The molecule has 9 rings (SSSR count). The van der Waals surface area contributed by atoms with Crippen LogP contribution in [0.5, 0.6) is 5.75 Å². The first-order valence-electron chi connectivity index (χ1n) is 28.6. The fraction of sp³-hybridized carbons (Fsp3) is 0.515. The maximum Gasteiger partial charge on any atom is 0.243 e. The van der Waals surface area contributed by atoms with Gasteiger partial charge in [0.05, 0.1) is 30.5 Å². The van der Waals surface area contributed by atoms with E-state index in [0.29, 0.717) is 80.9 Å². The third kappa shape index (κ3) is 12.9. The lowest BCUT2D eigenvalue weighted by Crippen LogP contribution is -2.59. The zero-order valence-electron chi connectivity index (χ0n) is 45.5. The third-order valence-electron chi connectivity index (χ3n) is 18.4. The van der Waals surface area contributed by atoms with Crippen molar-refractivity contribution in [3.8, 4) is 17.6 Å². The summed E-state index contributed by atoms with van der Waals surface area (Å²) >= 11 is 0. The number of amides is 1. The van der Waals surface area contributed by atoms with Gasteiger partial charge in [0.15, 0.2) is 5.78 Å². The summed E-state index contributed by atoms with van der Waals surface area (Å²) in [5, 5.41) is 67.4. The molecule has 410 valence electrons. The van der Waals surface area contributed by atoms with Gasteiger partial charge in [0.1, 0.15) is 24.6 Å². The van der Waals surface area contributed by atoms with Crippen LogP contribution in [-0.4, -0.2) is 80.9 Å². The van der Waals surface area contributed by atoms with Crippen LogP contribution in [0.4, 0.5) is 0 Å². The summed E-state index contributed by atoms with van der Waals surface area (Å²) in [7, 11) is 0. The van der Waals surface area contributed by atoms with Crippen molar-refractivity contribution >= 4 is 11.7 Å². The Morgan fingerprint density at radius 3 is 2.45 bits per heavy atom. The van der Waals surface area contributed by atoms with Crippen LogP contribution < -0.4 is 16.4 Å². The van der Waals surface area contributed by atoms with Gasteiger partial charge in [-0.2, -0.15) is 0 Å². The topological polar surface area (TPSA) is 195 Å². The van der Waals surface area contributed by atoms with Gasteiger partial charge in [-0.05, 0) is 172 Å². The van der Waals surface area contributed by atoms with Crippen molar-refractivity contribution in [2.24, 2.45) is 34.8 Å². The molecule has 77 heavy (non-hydrogen) atoms. The number of aromatic hydroxyl groups is 1. The lowest BCUT2D eigenvalue weighted by atomic mass is 9.51. The molecule has 3 fully saturated rings. The lowest BCUT2D eigenvalue weighted by molar-refractivity contribution is -0.168. The number of hydrogen-bond donors (Lipinski definition) is 8. The maximum atomic E-state index is 15.9. The molecule has 10 atom stereocenters. The van der Waals surface area contributed by atoms with Crippen molar-refractivity contribution in [2.75, 3.05) is 19.8 Å². The fourth-order valence-corrected chi connectivity index (χ4v) is 14.3. The number of rotatable bonds is 4. The number of phenolic OH excluding ortho intramolecular Hbond substituents is 1. The largest absolute Gasteiger partial charge is 0.508 e. The Hall–Kier alpha value is -5.42.